The van der Waals surface area contributed by atoms with Gasteiger partial charge >= 0.3 is 0 Å². The average Bonchev–Trinajstić information content (AvgIpc) is 3.39. The number of fused-ring (bicyclic) bond motifs is 1. The van der Waals surface area contributed by atoms with Gasteiger partial charge in [-0.15, -0.1) is 0 Å². The van der Waals surface area contributed by atoms with Gasteiger partial charge < -0.3 is 20.4 Å². The molecule has 39 heavy (non-hydrogen) atoms. The van der Waals surface area contributed by atoms with Crippen molar-refractivity contribution in [2.75, 3.05) is 49.0 Å². The molecule has 0 amide bonds. The minimum Gasteiger partial charge on any atom is -0.378 e. The van der Waals surface area contributed by atoms with Gasteiger partial charge in [-0.2, -0.15) is 8.42 Å². The third-order valence-electron chi connectivity index (χ3n) is 7.19. The van der Waals surface area contributed by atoms with E-state index in [2.05, 4.69) is 34.5 Å². The third kappa shape index (κ3) is 5.74. The first kappa shape index (κ1) is 25.7. The number of hydrogen-bond donors (Lipinski definition) is 3. The van der Waals surface area contributed by atoms with Crippen molar-refractivity contribution in [2.24, 2.45) is 5.73 Å². The average molecular weight is 549 g/mol. The fourth-order valence-electron chi connectivity index (χ4n) is 5.22. The van der Waals surface area contributed by atoms with Crippen LogP contribution in [0.15, 0.2) is 60.0 Å². The predicted octanol–water partition coefficient (Wildman–Crippen LogP) is 2.58. The second-order valence-electron chi connectivity index (χ2n) is 10.1. The second kappa shape index (κ2) is 10.9. The number of H-pyrrole nitrogens is 1. The molecule has 0 bridgehead atoms. The number of nitrogens with one attached hydrogen (secondary N) is 2. The van der Waals surface area contributed by atoms with Gasteiger partial charge in [-0.1, -0.05) is 12.1 Å². The highest BCUT2D eigenvalue weighted by Gasteiger charge is 2.21. The van der Waals surface area contributed by atoms with Crippen LogP contribution in [0, 0.1) is 0 Å². The molecule has 2 aliphatic rings. The Balaban J connectivity index is 1.17. The maximum absolute atomic E-state index is 13.1. The number of sulfonamides is 1. The number of pyridine rings is 1. The summed E-state index contributed by atoms with van der Waals surface area (Å²) >= 11 is 0. The first-order chi connectivity index (χ1) is 18.9. The molecule has 2 fully saturated rings. The minimum atomic E-state index is -3.85. The van der Waals surface area contributed by atoms with Gasteiger partial charge in [0, 0.05) is 49.8 Å². The molecule has 2 aliphatic heterocycles. The lowest BCUT2D eigenvalue weighted by Gasteiger charge is -2.30. The summed E-state index contributed by atoms with van der Waals surface area (Å²) in [6, 6.07) is 12.9. The maximum Gasteiger partial charge on any atom is 0.279 e. The van der Waals surface area contributed by atoms with Crippen molar-refractivity contribution >= 4 is 32.6 Å². The fourth-order valence-corrected chi connectivity index (χ4v) is 6.28. The van der Waals surface area contributed by atoms with Crippen LogP contribution >= 0.6 is 0 Å². The zero-order valence-electron chi connectivity index (χ0n) is 21.6. The lowest BCUT2D eigenvalue weighted by Crippen LogP contribution is -2.42. The molecule has 0 aliphatic carbocycles. The molecule has 2 saturated heterocycles. The summed E-state index contributed by atoms with van der Waals surface area (Å²) in [6.07, 6.45) is 5.19. The number of piperidine rings is 1. The largest absolute Gasteiger partial charge is 0.378 e. The van der Waals surface area contributed by atoms with Crippen molar-refractivity contribution in [1.82, 2.24) is 24.8 Å². The minimum absolute atomic E-state index is 0.00443. The number of ether oxygens (including phenoxy) is 1. The van der Waals surface area contributed by atoms with E-state index in [0.717, 1.165) is 72.7 Å². The highest BCUT2D eigenvalue weighted by atomic mass is 32.2. The van der Waals surface area contributed by atoms with E-state index in [0.29, 0.717) is 25.4 Å². The summed E-state index contributed by atoms with van der Waals surface area (Å²) in [5.41, 5.74) is 9.98. The molecule has 3 aromatic heterocycles. The van der Waals surface area contributed by atoms with Crippen LogP contribution in [-0.4, -0.2) is 78.7 Å². The van der Waals surface area contributed by atoms with Gasteiger partial charge in [0.2, 0.25) is 0 Å². The van der Waals surface area contributed by atoms with Crippen molar-refractivity contribution in [2.45, 2.75) is 30.5 Å². The Morgan fingerprint density at radius 2 is 1.87 bits per heavy atom. The Morgan fingerprint density at radius 3 is 2.67 bits per heavy atom. The lowest BCUT2D eigenvalue weighted by atomic mass is 10.1. The molecular weight excluding hydrogens is 516 g/mol. The SMILES string of the molecule is NC1CCCN(Cc2ccnc(S(=O)(=O)Nc3ccc(-c4cc5c(N6CCOCC6)ncnc5[nH]4)cc3)c2)C1. The second-order valence-corrected chi connectivity index (χ2v) is 11.7. The number of nitrogens with two attached hydrogens (primary N) is 1. The predicted molar refractivity (Wildman–Crippen MR) is 150 cm³/mol. The number of aromatic amines is 1. The standard InChI is InChI=1S/C27H32N8O3S/c28-21-2-1-9-34(17-21)16-19-7-8-29-25(14-19)39(36,37)33-22-5-3-20(4-6-22)24-15-23-26(32-24)30-18-31-27(23)35-10-12-38-13-11-35/h3-8,14-15,18,21,33H,1-2,9-13,16-17,28H2,(H,30,31,32). The number of nitrogens with zero attached hydrogens (tertiary/aromatic N) is 5. The normalized spacial score (nSPS) is 18.9. The van der Waals surface area contributed by atoms with Gasteiger partial charge in [0.1, 0.15) is 17.8 Å². The summed E-state index contributed by atoms with van der Waals surface area (Å²) in [5, 5.41) is 0.937. The monoisotopic (exact) mass is 548 g/mol. The smallest absolute Gasteiger partial charge is 0.279 e. The van der Waals surface area contributed by atoms with Gasteiger partial charge in [0.25, 0.3) is 10.0 Å². The molecule has 1 aromatic carbocycles. The number of aromatic nitrogens is 4. The van der Waals surface area contributed by atoms with E-state index in [1.54, 1.807) is 30.7 Å². The number of hydrogen-bond acceptors (Lipinski definition) is 9. The quantitative estimate of drug-likeness (QED) is 0.318. The molecule has 1 unspecified atom stereocenters. The number of anilines is 2. The van der Waals surface area contributed by atoms with Crippen molar-refractivity contribution in [3.63, 3.8) is 0 Å². The first-order valence-electron chi connectivity index (χ1n) is 13.2. The van der Waals surface area contributed by atoms with Crippen LogP contribution in [0.25, 0.3) is 22.3 Å². The van der Waals surface area contributed by atoms with E-state index in [9.17, 15) is 8.42 Å². The van der Waals surface area contributed by atoms with Gasteiger partial charge in [-0.3, -0.25) is 9.62 Å². The van der Waals surface area contributed by atoms with Crippen LogP contribution in [0.2, 0.25) is 0 Å². The molecular formula is C27H32N8O3S. The van der Waals surface area contributed by atoms with E-state index < -0.39 is 10.0 Å². The molecule has 0 spiro atoms. The molecule has 1 atom stereocenters. The summed E-state index contributed by atoms with van der Waals surface area (Å²) in [4.78, 5) is 20.9. The van der Waals surface area contributed by atoms with Crippen LogP contribution in [-0.2, 0) is 21.3 Å². The molecule has 4 N–H and O–H groups in total. The van der Waals surface area contributed by atoms with E-state index in [1.165, 1.54) is 0 Å². The highest BCUT2D eigenvalue weighted by molar-refractivity contribution is 7.92. The van der Waals surface area contributed by atoms with Gasteiger partial charge in [-0.05, 0) is 60.8 Å². The van der Waals surface area contributed by atoms with Crippen molar-refractivity contribution in [3.05, 3.63) is 60.6 Å². The number of morpholine rings is 1. The highest BCUT2D eigenvalue weighted by Crippen LogP contribution is 2.30. The van der Waals surface area contributed by atoms with E-state index in [1.807, 2.05) is 24.3 Å². The summed E-state index contributed by atoms with van der Waals surface area (Å²) in [7, 11) is -3.85. The molecule has 4 aromatic rings. The van der Waals surface area contributed by atoms with E-state index >= 15 is 0 Å². The molecule has 0 radical (unpaired) electrons. The molecule has 204 valence electrons. The van der Waals surface area contributed by atoms with Gasteiger partial charge in [-0.25, -0.2) is 15.0 Å². The van der Waals surface area contributed by atoms with Gasteiger partial charge in [0.15, 0.2) is 5.03 Å². The van der Waals surface area contributed by atoms with E-state index in [4.69, 9.17) is 10.5 Å². The van der Waals surface area contributed by atoms with Crippen molar-refractivity contribution in [1.29, 1.82) is 0 Å². The van der Waals surface area contributed by atoms with Gasteiger partial charge in [0.05, 0.1) is 18.6 Å². The Labute approximate surface area is 227 Å². The van der Waals surface area contributed by atoms with E-state index in [-0.39, 0.29) is 11.1 Å². The summed E-state index contributed by atoms with van der Waals surface area (Å²) < 4.78 is 34.4. The molecule has 5 heterocycles. The van der Waals surface area contributed by atoms with Crippen molar-refractivity contribution < 1.29 is 13.2 Å². The Kier molecular flexibility index (Phi) is 7.17. The van der Waals surface area contributed by atoms with Crippen LogP contribution < -0.4 is 15.4 Å². The lowest BCUT2D eigenvalue weighted by molar-refractivity contribution is 0.122. The van der Waals surface area contributed by atoms with Crippen molar-refractivity contribution in [3.8, 4) is 11.3 Å². The number of rotatable bonds is 7. The van der Waals surface area contributed by atoms with Crippen LogP contribution in [0.3, 0.4) is 0 Å². The summed E-state index contributed by atoms with van der Waals surface area (Å²) in [5.74, 6) is 0.882. The zero-order chi connectivity index (χ0) is 26.8. The topological polar surface area (TPSA) is 142 Å². The Bertz CT molecular complexity index is 1550. The zero-order valence-corrected chi connectivity index (χ0v) is 22.4. The molecule has 11 nitrogen and oxygen atoms in total. The molecule has 12 heteroatoms. The molecule has 6 rings (SSSR count). The number of benzene rings is 1. The first-order valence-corrected chi connectivity index (χ1v) is 14.7. The molecule has 0 saturated carbocycles. The third-order valence-corrected chi connectivity index (χ3v) is 8.46. The number of likely N-dealkylation sites (tertiary alicyclic amines) is 1. The fraction of sp³-hybridized carbons (Fsp3) is 0.370. The van der Waals surface area contributed by atoms with Crippen LogP contribution in [0.1, 0.15) is 18.4 Å². The van der Waals surface area contributed by atoms with Crippen LogP contribution in [0.5, 0.6) is 0 Å². The maximum atomic E-state index is 13.1. The summed E-state index contributed by atoms with van der Waals surface area (Å²) in [6.45, 7) is 5.33. The Morgan fingerprint density at radius 1 is 1.05 bits per heavy atom. The Hall–Kier alpha value is -3.58. The van der Waals surface area contributed by atoms with Crippen LogP contribution in [0.4, 0.5) is 11.5 Å².